The summed E-state index contributed by atoms with van der Waals surface area (Å²) in [6, 6.07) is 9.99. The van der Waals surface area contributed by atoms with Crippen LogP contribution in [0.3, 0.4) is 0 Å². The fraction of sp³-hybridized carbons (Fsp3) is 0.214. The van der Waals surface area contributed by atoms with Crippen molar-refractivity contribution in [3.05, 3.63) is 58.4 Å². The highest BCUT2D eigenvalue weighted by atomic mass is 16.1. The average Bonchev–Trinajstić information content (AvgIpc) is 2.80. The molecule has 0 amide bonds. The molecule has 0 bridgehead atoms. The van der Waals surface area contributed by atoms with Gasteiger partial charge in [-0.3, -0.25) is 9.36 Å². The van der Waals surface area contributed by atoms with Crippen LogP contribution in [0.25, 0.3) is 11.2 Å². The van der Waals surface area contributed by atoms with Crippen molar-refractivity contribution in [3.8, 4) is 0 Å². The predicted octanol–water partition coefficient (Wildman–Crippen LogP) is 1.49. The van der Waals surface area contributed by atoms with Gasteiger partial charge in [-0.05, 0) is 12.5 Å². The zero-order valence-electron chi connectivity index (χ0n) is 10.9. The van der Waals surface area contributed by atoms with Gasteiger partial charge in [-0.15, -0.1) is 0 Å². The van der Waals surface area contributed by atoms with Crippen molar-refractivity contribution in [2.24, 2.45) is 7.05 Å². The summed E-state index contributed by atoms with van der Waals surface area (Å²) in [6.07, 6.45) is 1.67. The standard InChI is InChI=1S/C14H14N4O/c1-10-16-13-12(14(19)17(10)2)18(9-15-13)8-11-6-4-3-5-7-11/h3-7,9H,8H2,1-2H3. The Hall–Kier alpha value is -2.43. The monoisotopic (exact) mass is 254 g/mol. The number of hydrogen-bond donors (Lipinski definition) is 0. The lowest BCUT2D eigenvalue weighted by Gasteiger charge is -2.06. The molecule has 1 aromatic carbocycles. The van der Waals surface area contributed by atoms with Crippen LogP contribution in [-0.4, -0.2) is 19.1 Å². The van der Waals surface area contributed by atoms with Gasteiger partial charge in [0.15, 0.2) is 11.2 Å². The summed E-state index contributed by atoms with van der Waals surface area (Å²) in [6.45, 7) is 2.42. The first-order valence-electron chi connectivity index (χ1n) is 6.09. The van der Waals surface area contributed by atoms with E-state index in [0.29, 0.717) is 23.5 Å². The van der Waals surface area contributed by atoms with Gasteiger partial charge in [-0.25, -0.2) is 9.97 Å². The third-order valence-electron chi connectivity index (χ3n) is 3.27. The topological polar surface area (TPSA) is 52.7 Å². The van der Waals surface area contributed by atoms with Crippen LogP contribution < -0.4 is 5.56 Å². The third kappa shape index (κ3) is 1.93. The molecule has 0 atom stereocenters. The highest BCUT2D eigenvalue weighted by molar-refractivity contribution is 5.69. The zero-order valence-corrected chi connectivity index (χ0v) is 10.9. The average molecular weight is 254 g/mol. The Morgan fingerprint density at radius 3 is 2.68 bits per heavy atom. The van der Waals surface area contributed by atoms with Crippen molar-refractivity contribution in [1.82, 2.24) is 19.1 Å². The van der Waals surface area contributed by atoms with Gasteiger partial charge in [-0.2, -0.15) is 0 Å². The lowest BCUT2D eigenvalue weighted by molar-refractivity contribution is 0.768. The van der Waals surface area contributed by atoms with E-state index in [1.807, 2.05) is 34.9 Å². The molecule has 0 saturated carbocycles. The SMILES string of the molecule is Cc1nc2ncn(Cc3ccccc3)c2c(=O)n1C. The van der Waals surface area contributed by atoms with Crippen molar-refractivity contribution < 1.29 is 0 Å². The minimum atomic E-state index is -0.0593. The van der Waals surface area contributed by atoms with E-state index in [9.17, 15) is 4.79 Å². The Labute approximate surface area is 110 Å². The smallest absolute Gasteiger partial charge is 0.279 e. The van der Waals surface area contributed by atoms with Crippen LogP contribution in [0.15, 0.2) is 41.5 Å². The molecule has 0 N–H and O–H groups in total. The van der Waals surface area contributed by atoms with Gasteiger partial charge < -0.3 is 4.57 Å². The summed E-state index contributed by atoms with van der Waals surface area (Å²) in [5.41, 5.74) is 2.13. The second kappa shape index (κ2) is 4.35. The maximum atomic E-state index is 12.3. The Morgan fingerprint density at radius 1 is 1.21 bits per heavy atom. The molecule has 96 valence electrons. The van der Waals surface area contributed by atoms with E-state index in [0.717, 1.165) is 5.56 Å². The van der Waals surface area contributed by atoms with Gasteiger partial charge in [0.05, 0.1) is 6.33 Å². The van der Waals surface area contributed by atoms with Crippen LogP contribution >= 0.6 is 0 Å². The summed E-state index contributed by atoms with van der Waals surface area (Å²) in [5, 5.41) is 0. The molecule has 3 rings (SSSR count). The first-order valence-corrected chi connectivity index (χ1v) is 6.09. The number of rotatable bonds is 2. The van der Waals surface area contributed by atoms with Gasteiger partial charge in [0, 0.05) is 13.6 Å². The van der Waals surface area contributed by atoms with E-state index in [2.05, 4.69) is 9.97 Å². The zero-order chi connectivity index (χ0) is 13.4. The second-order valence-electron chi connectivity index (χ2n) is 4.55. The van der Waals surface area contributed by atoms with Gasteiger partial charge in [0.2, 0.25) is 0 Å². The summed E-state index contributed by atoms with van der Waals surface area (Å²) >= 11 is 0. The van der Waals surface area contributed by atoms with E-state index in [-0.39, 0.29) is 5.56 Å². The van der Waals surface area contributed by atoms with Crippen LogP contribution in [-0.2, 0) is 13.6 Å². The van der Waals surface area contributed by atoms with Gasteiger partial charge >= 0.3 is 0 Å². The van der Waals surface area contributed by atoms with Crippen LogP contribution in [0.4, 0.5) is 0 Å². The van der Waals surface area contributed by atoms with Crippen LogP contribution in [0.5, 0.6) is 0 Å². The molecule has 2 aromatic heterocycles. The third-order valence-corrected chi connectivity index (χ3v) is 3.27. The summed E-state index contributed by atoms with van der Waals surface area (Å²) in [5.74, 6) is 0.669. The van der Waals surface area contributed by atoms with Crippen molar-refractivity contribution in [2.45, 2.75) is 13.5 Å². The van der Waals surface area contributed by atoms with Crippen molar-refractivity contribution in [3.63, 3.8) is 0 Å². The van der Waals surface area contributed by atoms with E-state index >= 15 is 0 Å². The molecular formula is C14H14N4O. The maximum absolute atomic E-state index is 12.3. The molecule has 0 saturated heterocycles. The minimum Gasteiger partial charge on any atom is -0.320 e. The van der Waals surface area contributed by atoms with Gasteiger partial charge in [0.1, 0.15) is 5.82 Å². The number of nitrogens with zero attached hydrogens (tertiary/aromatic N) is 4. The molecule has 0 fully saturated rings. The number of imidazole rings is 1. The van der Waals surface area contributed by atoms with E-state index < -0.39 is 0 Å². The Morgan fingerprint density at radius 2 is 1.95 bits per heavy atom. The first-order chi connectivity index (χ1) is 9.16. The fourth-order valence-corrected chi connectivity index (χ4v) is 2.11. The fourth-order valence-electron chi connectivity index (χ4n) is 2.11. The molecule has 2 heterocycles. The highest BCUT2D eigenvalue weighted by Gasteiger charge is 2.11. The summed E-state index contributed by atoms with van der Waals surface area (Å²) in [4.78, 5) is 20.8. The van der Waals surface area contributed by atoms with Crippen molar-refractivity contribution >= 4 is 11.2 Å². The first kappa shape index (κ1) is 11.6. The minimum absolute atomic E-state index is 0.0593. The molecule has 0 aliphatic heterocycles. The molecule has 5 heteroatoms. The summed E-state index contributed by atoms with van der Waals surface area (Å²) in [7, 11) is 1.73. The van der Waals surface area contributed by atoms with E-state index in [1.54, 1.807) is 24.9 Å². The lowest BCUT2D eigenvalue weighted by Crippen LogP contribution is -2.22. The largest absolute Gasteiger partial charge is 0.320 e. The van der Waals surface area contributed by atoms with Crippen LogP contribution in [0.2, 0.25) is 0 Å². The molecular weight excluding hydrogens is 240 g/mol. The highest BCUT2D eigenvalue weighted by Crippen LogP contribution is 2.09. The summed E-state index contributed by atoms with van der Waals surface area (Å²) < 4.78 is 3.39. The number of aromatic nitrogens is 4. The van der Waals surface area contributed by atoms with Crippen LogP contribution in [0.1, 0.15) is 11.4 Å². The van der Waals surface area contributed by atoms with Crippen molar-refractivity contribution in [2.75, 3.05) is 0 Å². The lowest BCUT2D eigenvalue weighted by atomic mass is 10.2. The van der Waals surface area contributed by atoms with Gasteiger partial charge in [0.25, 0.3) is 5.56 Å². The normalized spacial score (nSPS) is 11.1. The van der Waals surface area contributed by atoms with Gasteiger partial charge in [-0.1, -0.05) is 30.3 Å². The molecule has 5 nitrogen and oxygen atoms in total. The quantitative estimate of drug-likeness (QED) is 0.696. The molecule has 0 spiro atoms. The predicted molar refractivity (Wildman–Crippen MR) is 73.1 cm³/mol. The number of hydrogen-bond acceptors (Lipinski definition) is 3. The van der Waals surface area contributed by atoms with E-state index in [4.69, 9.17) is 0 Å². The number of fused-ring (bicyclic) bond motifs is 1. The molecule has 0 aliphatic carbocycles. The van der Waals surface area contributed by atoms with Crippen molar-refractivity contribution in [1.29, 1.82) is 0 Å². The molecule has 0 aliphatic rings. The van der Waals surface area contributed by atoms with Crippen LogP contribution in [0, 0.1) is 6.92 Å². The molecule has 19 heavy (non-hydrogen) atoms. The Balaban J connectivity index is 2.16. The number of aryl methyl sites for hydroxylation is 1. The maximum Gasteiger partial charge on any atom is 0.279 e. The number of benzene rings is 1. The molecule has 0 radical (unpaired) electrons. The Bertz CT molecular complexity index is 786. The second-order valence-corrected chi connectivity index (χ2v) is 4.55. The Kier molecular flexibility index (Phi) is 2.67. The molecule has 0 unspecified atom stereocenters. The van der Waals surface area contributed by atoms with E-state index in [1.165, 1.54) is 0 Å². The molecule has 3 aromatic rings.